The van der Waals surface area contributed by atoms with Crippen molar-refractivity contribution in [3.8, 4) is 0 Å². The summed E-state index contributed by atoms with van der Waals surface area (Å²) >= 11 is 3.29. The molecule has 0 saturated carbocycles. The van der Waals surface area contributed by atoms with Gasteiger partial charge in [0.15, 0.2) is 0 Å². The number of urea groups is 1. The first-order chi connectivity index (χ1) is 14.4. The second kappa shape index (κ2) is 8.81. The van der Waals surface area contributed by atoms with Gasteiger partial charge in [0, 0.05) is 10.5 Å². The monoisotopic (exact) mass is 521 g/mol. The first kappa shape index (κ1) is 23.6. The number of nitrogens with one attached hydrogen (secondary N) is 1. The summed E-state index contributed by atoms with van der Waals surface area (Å²) in [5, 5.41) is 2.57. The van der Waals surface area contributed by atoms with Crippen LogP contribution >= 0.6 is 15.9 Å². The predicted molar refractivity (Wildman–Crippen MR) is 111 cm³/mol. The van der Waals surface area contributed by atoms with Crippen LogP contribution in [0.1, 0.15) is 25.3 Å². The van der Waals surface area contributed by atoms with Crippen molar-refractivity contribution in [2.45, 2.75) is 37.8 Å². The normalized spacial score (nSPS) is 23.8. The summed E-state index contributed by atoms with van der Waals surface area (Å²) in [5.74, 6) is -1.89. The second-order valence-corrected chi connectivity index (χ2v) is 11.0. The van der Waals surface area contributed by atoms with Gasteiger partial charge in [-0.3, -0.25) is 14.5 Å². The number of halogens is 3. The summed E-state index contributed by atoms with van der Waals surface area (Å²) in [6.45, 7) is -0.0895. The Kier molecular flexibility index (Phi) is 6.70. The van der Waals surface area contributed by atoms with Crippen LogP contribution in [0, 0.1) is 0 Å². The van der Waals surface area contributed by atoms with Crippen LogP contribution < -0.4 is 5.32 Å². The highest BCUT2D eigenvalue weighted by atomic mass is 79.9. The lowest BCUT2D eigenvalue weighted by Gasteiger charge is -2.34. The fourth-order valence-corrected chi connectivity index (χ4v) is 5.57. The molecule has 1 unspecified atom stereocenters. The van der Waals surface area contributed by atoms with Crippen LogP contribution in [0.3, 0.4) is 0 Å². The number of sulfone groups is 1. The number of hydrogen-bond donors (Lipinski definition) is 1. The Hall–Kier alpha value is -2.08. The Labute approximate surface area is 187 Å². The SMILES string of the molecule is CC1(c2ccc(Br)cc2)NC(=O)N(CC(=O)N(CC(F)F)C2CCS(=O)(=O)CC2)C1=O. The number of imide groups is 1. The predicted octanol–water partition coefficient (Wildman–Crippen LogP) is 1.89. The van der Waals surface area contributed by atoms with Crippen molar-refractivity contribution in [3.63, 3.8) is 0 Å². The van der Waals surface area contributed by atoms with Gasteiger partial charge in [0.25, 0.3) is 12.3 Å². The molecule has 1 N–H and O–H groups in total. The van der Waals surface area contributed by atoms with Crippen LogP contribution in [-0.4, -0.2) is 73.1 Å². The zero-order valence-corrected chi connectivity index (χ0v) is 19.1. The molecule has 2 aliphatic rings. The maximum absolute atomic E-state index is 13.1. The van der Waals surface area contributed by atoms with E-state index in [2.05, 4.69) is 21.2 Å². The number of carbonyl (C=O) groups excluding carboxylic acids is 3. The zero-order chi connectivity index (χ0) is 23.0. The number of amides is 4. The van der Waals surface area contributed by atoms with Gasteiger partial charge >= 0.3 is 6.03 Å². The lowest BCUT2D eigenvalue weighted by Crippen LogP contribution is -2.51. The Balaban J connectivity index is 1.77. The third-order valence-electron chi connectivity index (χ3n) is 5.61. The largest absolute Gasteiger partial charge is 0.332 e. The number of carbonyl (C=O) groups is 3. The number of hydrogen-bond acceptors (Lipinski definition) is 5. The average Bonchev–Trinajstić information content (AvgIpc) is 2.90. The Bertz CT molecular complexity index is 975. The van der Waals surface area contributed by atoms with E-state index in [-0.39, 0.29) is 24.3 Å². The fraction of sp³-hybridized carbons (Fsp3) is 0.526. The van der Waals surface area contributed by atoms with Gasteiger partial charge in [-0.2, -0.15) is 0 Å². The molecule has 1 aromatic carbocycles. The van der Waals surface area contributed by atoms with E-state index in [0.717, 1.165) is 9.37 Å². The van der Waals surface area contributed by atoms with Gasteiger partial charge in [-0.1, -0.05) is 28.1 Å². The molecule has 0 aliphatic carbocycles. The van der Waals surface area contributed by atoms with E-state index in [4.69, 9.17) is 0 Å². The minimum Gasteiger partial charge on any atom is -0.332 e. The Morgan fingerprint density at radius 2 is 1.84 bits per heavy atom. The van der Waals surface area contributed by atoms with E-state index in [1.54, 1.807) is 24.3 Å². The lowest BCUT2D eigenvalue weighted by molar-refractivity contribution is -0.141. The molecule has 4 amide bonds. The minimum absolute atomic E-state index is 0.0392. The number of rotatable bonds is 6. The van der Waals surface area contributed by atoms with Gasteiger partial charge in [0.05, 0.1) is 18.1 Å². The Morgan fingerprint density at radius 3 is 2.39 bits per heavy atom. The lowest BCUT2D eigenvalue weighted by atomic mass is 9.92. The number of nitrogens with zero attached hydrogens (tertiary/aromatic N) is 2. The molecule has 3 rings (SSSR count). The highest BCUT2D eigenvalue weighted by Gasteiger charge is 2.50. The van der Waals surface area contributed by atoms with Gasteiger partial charge < -0.3 is 10.2 Å². The van der Waals surface area contributed by atoms with Crippen molar-refractivity contribution in [1.82, 2.24) is 15.1 Å². The van der Waals surface area contributed by atoms with Gasteiger partial charge in [0.1, 0.15) is 21.9 Å². The van der Waals surface area contributed by atoms with Crippen molar-refractivity contribution >= 4 is 43.6 Å². The van der Waals surface area contributed by atoms with Crippen LogP contribution in [0.25, 0.3) is 0 Å². The van der Waals surface area contributed by atoms with Crippen LogP contribution in [0.2, 0.25) is 0 Å². The molecular weight excluding hydrogens is 500 g/mol. The van der Waals surface area contributed by atoms with Crippen molar-refractivity contribution in [2.75, 3.05) is 24.6 Å². The smallest absolute Gasteiger partial charge is 0.325 e. The second-order valence-electron chi connectivity index (χ2n) is 7.77. The minimum atomic E-state index is -3.25. The maximum Gasteiger partial charge on any atom is 0.325 e. The summed E-state index contributed by atoms with van der Waals surface area (Å²) in [6, 6.07) is 5.22. The van der Waals surface area contributed by atoms with Crippen LogP contribution in [-0.2, 0) is 25.0 Å². The van der Waals surface area contributed by atoms with Crippen molar-refractivity contribution in [2.24, 2.45) is 0 Å². The fourth-order valence-electron chi connectivity index (χ4n) is 3.84. The van der Waals surface area contributed by atoms with E-state index in [1.807, 2.05) is 0 Å². The molecule has 0 radical (unpaired) electrons. The molecule has 31 heavy (non-hydrogen) atoms. The molecule has 170 valence electrons. The van der Waals surface area contributed by atoms with E-state index in [0.29, 0.717) is 10.5 Å². The summed E-state index contributed by atoms with van der Waals surface area (Å²) in [7, 11) is -3.25. The molecule has 0 spiro atoms. The highest BCUT2D eigenvalue weighted by molar-refractivity contribution is 9.10. The van der Waals surface area contributed by atoms with Gasteiger partial charge in [-0.15, -0.1) is 0 Å². The third kappa shape index (κ3) is 5.05. The van der Waals surface area contributed by atoms with E-state index in [9.17, 15) is 31.6 Å². The molecule has 1 aromatic rings. The average molecular weight is 522 g/mol. The van der Waals surface area contributed by atoms with Gasteiger partial charge in [0.2, 0.25) is 5.91 Å². The van der Waals surface area contributed by atoms with Crippen molar-refractivity contribution in [1.29, 1.82) is 0 Å². The molecule has 1 atom stereocenters. The summed E-state index contributed by atoms with van der Waals surface area (Å²) in [4.78, 5) is 39.9. The third-order valence-corrected chi connectivity index (χ3v) is 7.85. The van der Waals surface area contributed by atoms with Gasteiger partial charge in [-0.25, -0.2) is 22.0 Å². The molecule has 2 saturated heterocycles. The number of alkyl halides is 2. The van der Waals surface area contributed by atoms with Crippen molar-refractivity contribution < 1.29 is 31.6 Å². The van der Waals surface area contributed by atoms with Crippen LogP contribution in [0.15, 0.2) is 28.7 Å². The van der Waals surface area contributed by atoms with Crippen LogP contribution in [0.4, 0.5) is 13.6 Å². The summed E-state index contributed by atoms with van der Waals surface area (Å²) < 4.78 is 50.3. The molecule has 2 fully saturated rings. The number of benzene rings is 1. The molecular formula is C19H22BrF2N3O5S. The highest BCUT2D eigenvalue weighted by Crippen LogP contribution is 2.30. The van der Waals surface area contributed by atoms with E-state index >= 15 is 0 Å². The first-order valence-electron chi connectivity index (χ1n) is 9.61. The zero-order valence-electron chi connectivity index (χ0n) is 16.7. The molecule has 12 heteroatoms. The van der Waals surface area contributed by atoms with Crippen LogP contribution in [0.5, 0.6) is 0 Å². The van der Waals surface area contributed by atoms with E-state index in [1.165, 1.54) is 6.92 Å². The molecule has 2 heterocycles. The molecule has 0 aromatic heterocycles. The standard InChI is InChI=1S/C19H22BrF2N3O5S/c1-19(12-2-4-13(20)5-3-12)17(27)25(18(28)23-19)11-16(26)24(10-15(21)22)14-6-8-31(29,30)9-7-14/h2-5,14-15H,6-11H2,1H3,(H,23,28). The molecule has 0 bridgehead atoms. The van der Waals surface area contributed by atoms with E-state index < -0.39 is 58.8 Å². The topological polar surface area (TPSA) is 104 Å². The quantitative estimate of drug-likeness (QED) is 0.575. The Morgan fingerprint density at radius 1 is 1.26 bits per heavy atom. The van der Waals surface area contributed by atoms with Gasteiger partial charge in [-0.05, 0) is 37.5 Å². The first-order valence-corrected chi connectivity index (χ1v) is 12.2. The molecule has 8 nitrogen and oxygen atoms in total. The summed E-state index contributed by atoms with van der Waals surface area (Å²) in [5.41, 5.74) is -0.893. The maximum atomic E-state index is 13.1. The van der Waals surface area contributed by atoms with Crippen molar-refractivity contribution in [3.05, 3.63) is 34.3 Å². The summed E-state index contributed by atoms with van der Waals surface area (Å²) in [6.07, 6.45) is -2.76. The molecule has 2 aliphatic heterocycles.